The lowest BCUT2D eigenvalue weighted by atomic mass is 9.98. The van der Waals surface area contributed by atoms with E-state index in [0.29, 0.717) is 0 Å². The molecule has 3 rings (SSSR count). The highest BCUT2D eigenvalue weighted by molar-refractivity contribution is 6.72. The van der Waals surface area contributed by atoms with Crippen molar-refractivity contribution >= 4 is 19.8 Å². The summed E-state index contributed by atoms with van der Waals surface area (Å²) in [6, 6.07) is 24.5. The third kappa shape index (κ3) is 3.80. The summed E-state index contributed by atoms with van der Waals surface area (Å²) in [7, 11) is -0.697. The summed E-state index contributed by atoms with van der Waals surface area (Å²) in [5.74, 6) is 0.128. The molecule has 0 saturated carbocycles. The van der Waals surface area contributed by atoms with Gasteiger partial charge in [-0.15, -0.1) is 0 Å². The standard InChI is InChI=1S/C23H23OSi/c1-4-17-10-15-21(22(16-17)25(2)3)23(24)20-13-11-19(12-14-20)18-8-6-5-7-9-18/h5-16H,4H2,1-3H3. The van der Waals surface area contributed by atoms with E-state index in [2.05, 4.69) is 44.3 Å². The van der Waals surface area contributed by atoms with Crippen molar-refractivity contribution in [1.29, 1.82) is 0 Å². The van der Waals surface area contributed by atoms with Gasteiger partial charge in [-0.3, -0.25) is 4.79 Å². The lowest BCUT2D eigenvalue weighted by Gasteiger charge is -2.13. The van der Waals surface area contributed by atoms with Crippen molar-refractivity contribution < 1.29 is 4.79 Å². The number of carbonyl (C=O) groups is 1. The van der Waals surface area contributed by atoms with Crippen LogP contribution in [0.1, 0.15) is 28.4 Å². The van der Waals surface area contributed by atoms with Crippen LogP contribution < -0.4 is 5.19 Å². The normalized spacial score (nSPS) is 10.9. The van der Waals surface area contributed by atoms with Gasteiger partial charge in [0.2, 0.25) is 0 Å². The molecule has 0 saturated heterocycles. The van der Waals surface area contributed by atoms with E-state index in [1.165, 1.54) is 16.3 Å². The molecule has 0 N–H and O–H groups in total. The van der Waals surface area contributed by atoms with E-state index in [-0.39, 0.29) is 5.78 Å². The molecule has 2 heteroatoms. The van der Waals surface area contributed by atoms with Crippen LogP contribution in [-0.2, 0) is 6.42 Å². The Kier molecular flexibility index (Phi) is 5.30. The minimum Gasteiger partial charge on any atom is -0.289 e. The SMILES string of the molecule is CCc1ccc(C(=O)c2ccc(-c3ccccc3)cc2)c([Si](C)C)c1. The summed E-state index contributed by atoms with van der Waals surface area (Å²) in [5.41, 5.74) is 5.23. The largest absolute Gasteiger partial charge is 0.289 e. The molecule has 0 heterocycles. The van der Waals surface area contributed by atoms with Crippen LogP contribution in [0.2, 0.25) is 13.1 Å². The van der Waals surface area contributed by atoms with Crippen molar-refractivity contribution in [2.24, 2.45) is 0 Å². The van der Waals surface area contributed by atoms with E-state index in [1.807, 2.05) is 48.5 Å². The average Bonchev–Trinajstić information content (AvgIpc) is 2.67. The molecule has 0 atom stereocenters. The Balaban J connectivity index is 1.94. The number of benzene rings is 3. The zero-order chi connectivity index (χ0) is 17.8. The average molecular weight is 344 g/mol. The first-order chi connectivity index (χ1) is 12.1. The molecular formula is C23H23OSi. The summed E-state index contributed by atoms with van der Waals surface area (Å²) in [4.78, 5) is 13.0. The third-order valence-electron chi connectivity index (χ3n) is 4.53. The zero-order valence-corrected chi connectivity index (χ0v) is 16.0. The minimum absolute atomic E-state index is 0.128. The van der Waals surface area contributed by atoms with Gasteiger partial charge in [0.05, 0.1) is 8.80 Å². The van der Waals surface area contributed by atoms with Crippen LogP contribution in [0.3, 0.4) is 0 Å². The Labute approximate surface area is 152 Å². The molecular weight excluding hydrogens is 320 g/mol. The number of hydrogen-bond acceptors (Lipinski definition) is 1. The molecule has 0 aliphatic carbocycles. The Morgan fingerprint density at radius 1 is 0.840 bits per heavy atom. The minimum atomic E-state index is -0.697. The Morgan fingerprint density at radius 3 is 2.08 bits per heavy atom. The van der Waals surface area contributed by atoms with Gasteiger partial charge in [0, 0.05) is 11.1 Å². The lowest BCUT2D eigenvalue weighted by molar-refractivity contribution is 0.104. The summed E-state index contributed by atoms with van der Waals surface area (Å²) in [5, 5.41) is 1.24. The van der Waals surface area contributed by atoms with E-state index in [4.69, 9.17) is 0 Å². The van der Waals surface area contributed by atoms with Gasteiger partial charge in [-0.2, -0.15) is 0 Å². The maximum absolute atomic E-state index is 13.0. The number of ketones is 1. The van der Waals surface area contributed by atoms with Crippen LogP contribution in [-0.4, -0.2) is 14.6 Å². The van der Waals surface area contributed by atoms with Gasteiger partial charge in [-0.25, -0.2) is 0 Å². The number of carbonyl (C=O) groups excluding carboxylic acids is 1. The zero-order valence-electron chi connectivity index (χ0n) is 15.0. The Hall–Kier alpha value is -2.45. The first-order valence-corrected chi connectivity index (χ1v) is 11.2. The van der Waals surface area contributed by atoms with Gasteiger partial charge in [-0.05, 0) is 23.1 Å². The summed E-state index contributed by atoms with van der Waals surface area (Å²) >= 11 is 0. The van der Waals surface area contributed by atoms with E-state index < -0.39 is 8.80 Å². The quantitative estimate of drug-likeness (QED) is 0.465. The third-order valence-corrected chi connectivity index (χ3v) is 6.02. The fourth-order valence-corrected chi connectivity index (χ4v) is 4.23. The van der Waals surface area contributed by atoms with Crippen LogP contribution in [0.5, 0.6) is 0 Å². The molecule has 1 nitrogen and oxygen atoms in total. The maximum atomic E-state index is 13.0. The predicted octanol–water partition coefficient (Wildman–Crippen LogP) is 5.11. The lowest BCUT2D eigenvalue weighted by Crippen LogP contribution is -2.30. The monoisotopic (exact) mass is 343 g/mol. The molecule has 0 aliphatic rings. The van der Waals surface area contributed by atoms with Crippen molar-refractivity contribution in [1.82, 2.24) is 0 Å². The fraction of sp³-hybridized carbons (Fsp3) is 0.174. The molecule has 125 valence electrons. The van der Waals surface area contributed by atoms with Crippen molar-refractivity contribution in [3.63, 3.8) is 0 Å². The topological polar surface area (TPSA) is 17.1 Å². The van der Waals surface area contributed by atoms with Gasteiger partial charge in [-0.1, -0.05) is 98.0 Å². The van der Waals surface area contributed by atoms with Crippen molar-refractivity contribution in [2.75, 3.05) is 0 Å². The maximum Gasteiger partial charge on any atom is 0.192 e. The smallest absolute Gasteiger partial charge is 0.192 e. The molecule has 0 fully saturated rings. The summed E-state index contributed by atoms with van der Waals surface area (Å²) in [6.45, 7) is 6.64. The van der Waals surface area contributed by atoms with Crippen molar-refractivity contribution in [3.05, 3.63) is 89.5 Å². The van der Waals surface area contributed by atoms with Crippen LogP contribution >= 0.6 is 0 Å². The summed E-state index contributed by atoms with van der Waals surface area (Å²) in [6.07, 6.45) is 1.00. The first-order valence-electron chi connectivity index (χ1n) is 8.73. The highest BCUT2D eigenvalue weighted by Gasteiger charge is 2.16. The van der Waals surface area contributed by atoms with E-state index in [1.54, 1.807) is 0 Å². The molecule has 25 heavy (non-hydrogen) atoms. The molecule has 3 aromatic rings. The molecule has 3 aromatic carbocycles. The highest BCUT2D eigenvalue weighted by Crippen LogP contribution is 2.20. The van der Waals surface area contributed by atoms with Crippen LogP contribution in [0.25, 0.3) is 11.1 Å². The molecule has 0 amide bonds. The van der Waals surface area contributed by atoms with E-state index >= 15 is 0 Å². The number of hydrogen-bond donors (Lipinski definition) is 0. The highest BCUT2D eigenvalue weighted by atomic mass is 28.3. The Bertz CT molecular complexity index is 864. The van der Waals surface area contributed by atoms with Crippen LogP contribution in [0.4, 0.5) is 0 Å². The number of aryl methyl sites for hydroxylation is 1. The van der Waals surface area contributed by atoms with E-state index in [0.717, 1.165) is 23.1 Å². The molecule has 0 aliphatic heterocycles. The molecule has 0 unspecified atom stereocenters. The fourth-order valence-electron chi connectivity index (χ4n) is 3.02. The molecule has 1 radical (unpaired) electrons. The van der Waals surface area contributed by atoms with Gasteiger partial charge in [0.25, 0.3) is 0 Å². The van der Waals surface area contributed by atoms with Gasteiger partial charge in [0.15, 0.2) is 5.78 Å². The van der Waals surface area contributed by atoms with Gasteiger partial charge >= 0.3 is 0 Å². The summed E-state index contributed by atoms with van der Waals surface area (Å²) < 4.78 is 0. The Morgan fingerprint density at radius 2 is 1.48 bits per heavy atom. The predicted molar refractivity (Wildman–Crippen MR) is 108 cm³/mol. The first kappa shape index (κ1) is 17.4. The van der Waals surface area contributed by atoms with Crippen LogP contribution in [0.15, 0.2) is 72.8 Å². The van der Waals surface area contributed by atoms with Gasteiger partial charge < -0.3 is 0 Å². The molecule has 0 bridgehead atoms. The second-order valence-electron chi connectivity index (χ2n) is 6.51. The number of rotatable bonds is 5. The molecule has 0 aromatic heterocycles. The van der Waals surface area contributed by atoms with Crippen LogP contribution in [0, 0.1) is 0 Å². The van der Waals surface area contributed by atoms with Crippen molar-refractivity contribution in [2.45, 2.75) is 26.4 Å². The second kappa shape index (κ2) is 7.62. The van der Waals surface area contributed by atoms with E-state index in [9.17, 15) is 4.79 Å². The second-order valence-corrected chi connectivity index (χ2v) is 9.04. The molecule has 0 spiro atoms. The van der Waals surface area contributed by atoms with Crippen molar-refractivity contribution in [3.8, 4) is 11.1 Å². The van der Waals surface area contributed by atoms with Gasteiger partial charge in [0.1, 0.15) is 0 Å².